The number of hydrogen-bond acceptors (Lipinski definition) is 4. The summed E-state index contributed by atoms with van der Waals surface area (Å²) in [5.74, 6) is 0.568. The summed E-state index contributed by atoms with van der Waals surface area (Å²) in [6, 6.07) is 4.65. The van der Waals surface area contributed by atoms with Crippen LogP contribution in [0.25, 0.3) is 0 Å². The first kappa shape index (κ1) is 21.4. The van der Waals surface area contributed by atoms with Crippen molar-refractivity contribution in [2.45, 2.75) is 56.4 Å². The molecule has 1 heterocycles. The number of nitrogens with zero attached hydrogens (tertiary/aromatic N) is 1. The first-order valence-corrected chi connectivity index (χ1v) is 11.8. The zero-order valence-electron chi connectivity index (χ0n) is 16.5. The van der Waals surface area contributed by atoms with Crippen molar-refractivity contribution in [3.63, 3.8) is 0 Å². The van der Waals surface area contributed by atoms with Gasteiger partial charge < -0.3 is 10.1 Å². The van der Waals surface area contributed by atoms with Crippen LogP contribution in [0.15, 0.2) is 23.1 Å². The van der Waals surface area contributed by atoms with Crippen molar-refractivity contribution >= 4 is 27.5 Å². The Kier molecular flexibility index (Phi) is 6.89. The van der Waals surface area contributed by atoms with E-state index in [1.807, 2.05) is 0 Å². The highest BCUT2D eigenvalue weighted by Gasteiger charge is 2.35. The van der Waals surface area contributed by atoms with Gasteiger partial charge in [0.2, 0.25) is 15.9 Å². The Hall–Kier alpha value is -1.31. The number of sulfonamides is 1. The predicted molar refractivity (Wildman–Crippen MR) is 109 cm³/mol. The van der Waals surface area contributed by atoms with E-state index >= 15 is 0 Å². The minimum absolute atomic E-state index is 0.0218. The first-order valence-electron chi connectivity index (χ1n) is 9.97. The Morgan fingerprint density at radius 2 is 1.96 bits per heavy atom. The number of hydrogen-bond donors (Lipinski definition) is 1. The summed E-state index contributed by atoms with van der Waals surface area (Å²) >= 11 is 6.10. The van der Waals surface area contributed by atoms with Gasteiger partial charge in [0, 0.05) is 19.1 Å². The molecular weight excluding hydrogens is 400 g/mol. The summed E-state index contributed by atoms with van der Waals surface area (Å²) in [7, 11) is -2.22. The molecule has 0 aromatic heterocycles. The lowest BCUT2D eigenvalue weighted by Gasteiger charge is -2.34. The van der Waals surface area contributed by atoms with Gasteiger partial charge in [0.05, 0.1) is 22.9 Å². The third-order valence-electron chi connectivity index (χ3n) is 5.96. The highest BCUT2D eigenvalue weighted by atomic mass is 35.5. The molecule has 1 amide bonds. The SMILES string of the molecule is COc1ccc(S(=O)(=O)N2CCC[C@@H](C(=O)N[C@@H]3CCCC[C@H]3C)C2)cc1Cl. The highest BCUT2D eigenvalue weighted by Crippen LogP contribution is 2.30. The number of carbonyl (C=O) groups excluding carboxylic acids is 1. The molecule has 1 N–H and O–H groups in total. The van der Waals surface area contributed by atoms with E-state index in [4.69, 9.17) is 16.3 Å². The summed E-state index contributed by atoms with van der Waals surface area (Å²) in [4.78, 5) is 12.9. The molecule has 2 aliphatic rings. The van der Waals surface area contributed by atoms with E-state index < -0.39 is 10.0 Å². The van der Waals surface area contributed by atoms with Crippen LogP contribution < -0.4 is 10.1 Å². The van der Waals surface area contributed by atoms with Crippen molar-refractivity contribution in [2.24, 2.45) is 11.8 Å². The van der Waals surface area contributed by atoms with Crippen LogP contribution in [0.3, 0.4) is 0 Å². The molecular formula is C20H29ClN2O4S. The van der Waals surface area contributed by atoms with E-state index in [2.05, 4.69) is 12.2 Å². The molecule has 1 aromatic carbocycles. The van der Waals surface area contributed by atoms with Gasteiger partial charge in [-0.1, -0.05) is 31.4 Å². The second-order valence-corrected chi connectivity index (χ2v) is 10.2. The molecule has 1 saturated carbocycles. The summed E-state index contributed by atoms with van der Waals surface area (Å²) in [5, 5.41) is 3.43. The minimum atomic E-state index is -3.71. The fraction of sp³-hybridized carbons (Fsp3) is 0.650. The third-order valence-corrected chi connectivity index (χ3v) is 8.11. The van der Waals surface area contributed by atoms with Crippen molar-refractivity contribution in [1.82, 2.24) is 9.62 Å². The maximum atomic E-state index is 13.0. The van der Waals surface area contributed by atoms with Crippen LogP contribution in [0.2, 0.25) is 5.02 Å². The molecule has 1 aliphatic carbocycles. The van der Waals surface area contributed by atoms with Crippen LogP contribution in [0.4, 0.5) is 0 Å². The fourth-order valence-electron chi connectivity index (χ4n) is 4.16. The lowest BCUT2D eigenvalue weighted by molar-refractivity contribution is -0.127. The number of piperidine rings is 1. The van der Waals surface area contributed by atoms with Gasteiger partial charge in [0.1, 0.15) is 5.75 Å². The maximum absolute atomic E-state index is 13.0. The predicted octanol–water partition coefficient (Wildman–Crippen LogP) is 3.44. The third kappa shape index (κ3) is 4.63. The zero-order chi connectivity index (χ0) is 20.3. The standard InChI is InChI=1S/C20H29ClN2O4S/c1-14-6-3-4-8-18(14)22-20(24)15-7-5-11-23(13-15)28(25,26)16-9-10-19(27-2)17(21)12-16/h9-10,12,14-15,18H,3-8,11,13H2,1-2H3,(H,22,24)/t14-,15-,18-/m1/s1. The molecule has 156 valence electrons. The number of amides is 1. The van der Waals surface area contributed by atoms with E-state index in [9.17, 15) is 13.2 Å². The molecule has 0 unspecified atom stereocenters. The van der Waals surface area contributed by atoms with Gasteiger partial charge in [-0.25, -0.2) is 8.42 Å². The van der Waals surface area contributed by atoms with E-state index in [0.717, 1.165) is 19.3 Å². The smallest absolute Gasteiger partial charge is 0.243 e. The molecule has 3 rings (SSSR count). The van der Waals surface area contributed by atoms with Crippen LogP contribution in [-0.4, -0.2) is 44.9 Å². The van der Waals surface area contributed by atoms with Gasteiger partial charge in [-0.05, 0) is 49.8 Å². The Balaban J connectivity index is 1.69. The molecule has 28 heavy (non-hydrogen) atoms. The number of ether oxygens (including phenoxy) is 1. The normalized spacial score (nSPS) is 26.6. The number of benzene rings is 1. The molecule has 0 radical (unpaired) electrons. The van der Waals surface area contributed by atoms with E-state index in [1.54, 1.807) is 6.07 Å². The Morgan fingerprint density at radius 3 is 2.64 bits per heavy atom. The van der Waals surface area contributed by atoms with Crippen molar-refractivity contribution in [2.75, 3.05) is 20.2 Å². The summed E-state index contributed by atoms with van der Waals surface area (Å²) in [6.07, 6.45) is 5.87. The van der Waals surface area contributed by atoms with Crippen LogP contribution in [0.5, 0.6) is 5.75 Å². The minimum Gasteiger partial charge on any atom is -0.495 e. The summed E-state index contributed by atoms with van der Waals surface area (Å²) in [6.45, 7) is 2.80. The number of carbonyl (C=O) groups is 1. The molecule has 0 spiro atoms. The van der Waals surface area contributed by atoms with Gasteiger partial charge in [-0.3, -0.25) is 4.79 Å². The van der Waals surface area contributed by atoms with Gasteiger partial charge in [0.15, 0.2) is 0 Å². The molecule has 0 bridgehead atoms. The van der Waals surface area contributed by atoms with E-state index in [1.165, 1.54) is 30.0 Å². The Bertz CT molecular complexity index is 814. The van der Waals surface area contributed by atoms with Crippen molar-refractivity contribution in [3.05, 3.63) is 23.2 Å². The maximum Gasteiger partial charge on any atom is 0.243 e. The van der Waals surface area contributed by atoms with E-state index in [0.29, 0.717) is 31.1 Å². The summed E-state index contributed by atoms with van der Waals surface area (Å²) in [5.41, 5.74) is 0. The van der Waals surface area contributed by atoms with Crippen LogP contribution in [0, 0.1) is 11.8 Å². The van der Waals surface area contributed by atoms with Gasteiger partial charge in [-0.15, -0.1) is 0 Å². The average Bonchev–Trinajstić information content (AvgIpc) is 2.69. The van der Waals surface area contributed by atoms with Crippen molar-refractivity contribution in [3.8, 4) is 5.75 Å². The topological polar surface area (TPSA) is 75.7 Å². The molecule has 8 heteroatoms. The lowest BCUT2D eigenvalue weighted by Crippen LogP contribution is -2.49. The second-order valence-electron chi connectivity index (χ2n) is 7.88. The zero-order valence-corrected chi connectivity index (χ0v) is 18.1. The van der Waals surface area contributed by atoms with Gasteiger partial charge in [-0.2, -0.15) is 4.31 Å². The van der Waals surface area contributed by atoms with Crippen molar-refractivity contribution in [1.29, 1.82) is 0 Å². The fourth-order valence-corrected chi connectivity index (χ4v) is 6.04. The molecule has 6 nitrogen and oxygen atoms in total. The largest absolute Gasteiger partial charge is 0.495 e. The number of nitrogens with one attached hydrogen (secondary N) is 1. The first-order chi connectivity index (χ1) is 13.3. The molecule has 1 aliphatic heterocycles. The van der Waals surface area contributed by atoms with Crippen LogP contribution in [0.1, 0.15) is 45.4 Å². The quantitative estimate of drug-likeness (QED) is 0.779. The van der Waals surface area contributed by atoms with Crippen LogP contribution >= 0.6 is 11.6 Å². The number of halogens is 1. The average molecular weight is 429 g/mol. The molecule has 1 saturated heterocycles. The lowest BCUT2D eigenvalue weighted by atomic mass is 9.85. The van der Waals surface area contributed by atoms with Gasteiger partial charge in [0.25, 0.3) is 0 Å². The van der Waals surface area contributed by atoms with Crippen molar-refractivity contribution < 1.29 is 17.9 Å². The Labute approximate surface area is 172 Å². The second kappa shape index (κ2) is 9.01. The molecule has 3 atom stereocenters. The molecule has 1 aromatic rings. The Morgan fingerprint density at radius 1 is 1.21 bits per heavy atom. The summed E-state index contributed by atoms with van der Waals surface area (Å²) < 4.78 is 32.6. The number of rotatable bonds is 5. The highest BCUT2D eigenvalue weighted by molar-refractivity contribution is 7.89. The van der Waals surface area contributed by atoms with Crippen LogP contribution in [-0.2, 0) is 14.8 Å². The van der Waals surface area contributed by atoms with Gasteiger partial charge >= 0.3 is 0 Å². The monoisotopic (exact) mass is 428 g/mol. The number of methoxy groups -OCH3 is 1. The van der Waals surface area contributed by atoms with E-state index in [-0.39, 0.29) is 34.3 Å². The molecule has 2 fully saturated rings.